The molecule has 2 rings (SSSR count). The first-order chi connectivity index (χ1) is 11.4. The van der Waals surface area contributed by atoms with E-state index in [4.69, 9.17) is 0 Å². The molecule has 0 radical (unpaired) electrons. The van der Waals surface area contributed by atoms with Crippen LogP contribution < -0.4 is 4.90 Å². The summed E-state index contributed by atoms with van der Waals surface area (Å²) in [4.78, 5) is 14.7. The van der Waals surface area contributed by atoms with Crippen LogP contribution in [-0.4, -0.2) is 38.3 Å². The highest BCUT2D eigenvalue weighted by atomic mass is 32.2. The zero-order chi connectivity index (χ0) is 17.9. The van der Waals surface area contributed by atoms with Gasteiger partial charge in [0, 0.05) is 31.2 Å². The molecule has 6 heteroatoms. The molecule has 0 N–H and O–H groups in total. The van der Waals surface area contributed by atoms with Crippen LogP contribution in [0.3, 0.4) is 0 Å². The van der Waals surface area contributed by atoms with Crippen LogP contribution in [0.15, 0.2) is 23.1 Å². The second-order valence-electron chi connectivity index (χ2n) is 6.31. The Kier molecular flexibility index (Phi) is 6.04. The fourth-order valence-electron chi connectivity index (χ4n) is 3.30. The van der Waals surface area contributed by atoms with E-state index in [1.54, 1.807) is 18.2 Å². The van der Waals surface area contributed by atoms with E-state index >= 15 is 0 Å². The lowest BCUT2D eigenvalue weighted by Gasteiger charge is -2.22. The van der Waals surface area contributed by atoms with Crippen LogP contribution in [0.1, 0.15) is 46.1 Å². The highest BCUT2D eigenvalue weighted by molar-refractivity contribution is 7.89. The molecule has 1 aliphatic rings. The van der Waals surface area contributed by atoms with Crippen molar-refractivity contribution < 1.29 is 13.2 Å². The van der Waals surface area contributed by atoms with Crippen LogP contribution in [0.5, 0.6) is 0 Å². The van der Waals surface area contributed by atoms with Crippen LogP contribution in [-0.2, 0) is 21.2 Å². The Balaban J connectivity index is 2.30. The van der Waals surface area contributed by atoms with E-state index in [9.17, 15) is 13.2 Å². The average Bonchev–Trinajstić information content (AvgIpc) is 2.98. The molecule has 1 unspecified atom stereocenters. The number of anilines is 1. The minimum atomic E-state index is -3.46. The smallest absolute Gasteiger partial charge is 0.243 e. The summed E-state index contributed by atoms with van der Waals surface area (Å²) in [6.07, 6.45) is 2.56. The Bertz CT molecular complexity index is 696. The summed E-state index contributed by atoms with van der Waals surface area (Å²) in [5.74, 6) is 0.134. The zero-order valence-corrected chi connectivity index (χ0v) is 15.9. The summed E-state index contributed by atoms with van der Waals surface area (Å²) in [7, 11) is -3.46. The monoisotopic (exact) mass is 352 g/mol. The first-order valence-corrected chi connectivity index (χ1v) is 10.2. The first kappa shape index (κ1) is 18.9. The lowest BCUT2D eigenvalue weighted by atomic mass is 10.0. The quantitative estimate of drug-likeness (QED) is 0.758. The van der Waals surface area contributed by atoms with Crippen LogP contribution >= 0.6 is 0 Å². The van der Waals surface area contributed by atoms with E-state index in [-0.39, 0.29) is 11.8 Å². The van der Waals surface area contributed by atoms with E-state index in [1.807, 2.05) is 25.7 Å². The van der Waals surface area contributed by atoms with Gasteiger partial charge in [-0.3, -0.25) is 4.79 Å². The minimum Gasteiger partial charge on any atom is -0.312 e. The predicted molar refractivity (Wildman–Crippen MR) is 96.7 cm³/mol. The van der Waals surface area contributed by atoms with Gasteiger partial charge in [-0.25, -0.2) is 8.42 Å². The van der Waals surface area contributed by atoms with Crippen LogP contribution in [0.2, 0.25) is 0 Å². The molecule has 0 spiro atoms. The maximum atomic E-state index is 12.6. The largest absolute Gasteiger partial charge is 0.312 e. The first-order valence-electron chi connectivity index (χ1n) is 8.81. The number of hydrogen-bond acceptors (Lipinski definition) is 3. The fourth-order valence-corrected chi connectivity index (χ4v) is 4.81. The lowest BCUT2D eigenvalue weighted by molar-refractivity contribution is -0.122. The molecule has 0 saturated carbocycles. The summed E-state index contributed by atoms with van der Waals surface area (Å²) in [5.41, 5.74) is 1.81. The summed E-state index contributed by atoms with van der Waals surface area (Å²) >= 11 is 0. The Morgan fingerprint density at radius 3 is 2.50 bits per heavy atom. The van der Waals surface area contributed by atoms with Crippen molar-refractivity contribution in [3.63, 3.8) is 0 Å². The van der Waals surface area contributed by atoms with Crippen molar-refractivity contribution in [1.82, 2.24) is 4.31 Å². The van der Waals surface area contributed by atoms with Crippen molar-refractivity contribution in [2.45, 2.75) is 51.9 Å². The molecular formula is C18H28N2O3S. The minimum absolute atomic E-state index is 0.0000310. The third-order valence-electron chi connectivity index (χ3n) is 4.70. The summed E-state index contributed by atoms with van der Waals surface area (Å²) in [6.45, 7) is 9.25. The Labute approximate surface area is 145 Å². The number of hydrogen-bond donors (Lipinski definition) is 0. The summed E-state index contributed by atoms with van der Waals surface area (Å²) < 4.78 is 26.8. The Morgan fingerprint density at radius 2 is 1.92 bits per heavy atom. The molecule has 1 amide bonds. The molecule has 0 saturated heterocycles. The van der Waals surface area contributed by atoms with E-state index in [1.165, 1.54) is 4.31 Å². The number of benzene rings is 1. The molecule has 0 fully saturated rings. The molecule has 1 aromatic rings. The normalized spacial score (nSPS) is 15.6. The van der Waals surface area contributed by atoms with Crippen LogP contribution in [0, 0.1) is 5.92 Å². The number of nitrogens with zero attached hydrogens (tertiary/aromatic N) is 2. The lowest BCUT2D eigenvalue weighted by Crippen LogP contribution is -2.33. The maximum absolute atomic E-state index is 12.6. The van der Waals surface area contributed by atoms with Crippen molar-refractivity contribution in [1.29, 1.82) is 0 Å². The van der Waals surface area contributed by atoms with Crippen molar-refractivity contribution in [2.75, 3.05) is 24.5 Å². The number of fused-ring (bicyclic) bond motifs is 1. The van der Waals surface area contributed by atoms with Gasteiger partial charge in [0.05, 0.1) is 4.90 Å². The molecule has 1 aliphatic heterocycles. The highest BCUT2D eigenvalue weighted by Crippen LogP contribution is 2.32. The molecule has 0 aromatic heterocycles. The van der Waals surface area contributed by atoms with Crippen molar-refractivity contribution >= 4 is 21.6 Å². The number of amides is 1. The van der Waals surface area contributed by atoms with Crippen molar-refractivity contribution in [3.05, 3.63) is 23.8 Å². The average molecular weight is 353 g/mol. The Hall–Kier alpha value is -1.40. The van der Waals surface area contributed by atoms with Crippen molar-refractivity contribution in [2.24, 2.45) is 5.92 Å². The van der Waals surface area contributed by atoms with Gasteiger partial charge >= 0.3 is 0 Å². The van der Waals surface area contributed by atoms with E-state index < -0.39 is 10.0 Å². The van der Waals surface area contributed by atoms with Gasteiger partial charge in [-0.15, -0.1) is 0 Å². The number of carbonyl (C=O) groups is 1. The highest BCUT2D eigenvalue weighted by Gasteiger charge is 2.30. The second-order valence-corrected chi connectivity index (χ2v) is 8.25. The van der Waals surface area contributed by atoms with E-state index in [0.29, 0.717) is 31.0 Å². The van der Waals surface area contributed by atoms with Gasteiger partial charge in [0.25, 0.3) is 0 Å². The molecule has 24 heavy (non-hydrogen) atoms. The molecule has 1 heterocycles. The maximum Gasteiger partial charge on any atom is 0.243 e. The van der Waals surface area contributed by atoms with Crippen LogP contribution in [0.25, 0.3) is 0 Å². The predicted octanol–water partition coefficient (Wildman–Crippen LogP) is 3.04. The standard InChI is InChI=1S/C18H28N2O3S/c1-5-8-14(4)18(21)20-12-11-15-13-16(9-10-17(15)20)24(22,23)19(6-2)7-3/h9-10,13-14H,5-8,11-12H2,1-4H3. The van der Waals surface area contributed by atoms with Gasteiger partial charge in [-0.1, -0.05) is 34.1 Å². The van der Waals surface area contributed by atoms with E-state index in [0.717, 1.165) is 24.1 Å². The van der Waals surface area contributed by atoms with E-state index in [2.05, 4.69) is 6.92 Å². The van der Waals surface area contributed by atoms with Gasteiger partial charge in [-0.05, 0) is 36.6 Å². The zero-order valence-electron chi connectivity index (χ0n) is 15.1. The number of rotatable bonds is 7. The fraction of sp³-hybridized carbons (Fsp3) is 0.611. The number of sulfonamides is 1. The van der Waals surface area contributed by atoms with Crippen molar-refractivity contribution in [3.8, 4) is 0 Å². The SMILES string of the molecule is CCCC(C)C(=O)N1CCc2cc(S(=O)(=O)N(CC)CC)ccc21. The summed E-state index contributed by atoms with van der Waals surface area (Å²) in [5, 5.41) is 0. The van der Waals surface area contributed by atoms with Gasteiger partial charge < -0.3 is 4.90 Å². The van der Waals surface area contributed by atoms with Gasteiger partial charge in [0.2, 0.25) is 15.9 Å². The molecule has 134 valence electrons. The molecule has 5 nitrogen and oxygen atoms in total. The summed E-state index contributed by atoms with van der Waals surface area (Å²) in [6, 6.07) is 5.15. The number of carbonyl (C=O) groups excluding carboxylic acids is 1. The Morgan fingerprint density at radius 1 is 1.25 bits per heavy atom. The van der Waals surface area contributed by atoms with Gasteiger partial charge in [-0.2, -0.15) is 4.31 Å². The van der Waals surface area contributed by atoms with Gasteiger partial charge in [0.1, 0.15) is 0 Å². The molecule has 0 bridgehead atoms. The molecule has 0 aliphatic carbocycles. The third-order valence-corrected chi connectivity index (χ3v) is 6.74. The molecule has 1 atom stereocenters. The topological polar surface area (TPSA) is 57.7 Å². The van der Waals surface area contributed by atoms with Gasteiger partial charge in [0.15, 0.2) is 0 Å². The van der Waals surface area contributed by atoms with Crippen LogP contribution in [0.4, 0.5) is 5.69 Å². The second kappa shape index (κ2) is 7.66. The molecule has 1 aromatic carbocycles. The third kappa shape index (κ3) is 3.49. The molecular weight excluding hydrogens is 324 g/mol.